The maximum Gasteiger partial charge on any atom is 0.295 e. The van der Waals surface area contributed by atoms with Crippen molar-refractivity contribution >= 4 is 29.1 Å². The average molecular weight is 501 g/mol. The summed E-state index contributed by atoms with van der Waals surface area (Å²) in [6.45, 7) is 9.44. The van der Waals surface area contributed by atoms with E-state index in [-0.39, 0.29) is 11.3 Å². The van der Waals surface area contributed by atoms with Crippen LogP contribution >= 0.6 is 11.6 Å². The highest BCUT2D eigenvalue weighted by atomic mass is 35.5. The summed E-state index contributed by atoms with van der Waals surface area (Å²) in [6, 6.07) is 11.2. The van der Waals surface area contributed by atoms with Crippen molar-refractivity contribution < 1.29 is 24.2 Å². The van der Waals surface area contributed by atoms with Gasteiger partial charge in [0.05, 0.1) is 30.4 Å². The molecule has 1 aliphatic heterocycles. The van der Waals surface area contributed by atoms with Crippen molar-refractivity contribution in [1.82, 2.24) is 9.80 Å². The van der Waals surface area contributed by atoms with E-state index in [0.717, 1.165) is 19.6 Å². The molecule has 0 bridgehead atoms. The van der Waals surface area contributed by atoms with E-state index in [0.29, 0.717) is 47.2 Å². The maximum absolute atomic E-state index is 13.3. The van der Waals surface area contributed by atoms with E-state index in [1.165, 1.54) is 18.1 Å². The summed E-state index contributed by atoms with van der Waals surface area (Å²) in [5.74, 6) is -0.645. The topological polar surface area (TPSA) is 79.3 Å². The van der Waals surface area contributed by atoms with E-state index in [9.17, 15) is 14.7 Å². The molecule has 188 valence electrons. The zero-order chi connectivity index (χ0) is 25.5. The summed E-state index contributed by atoms with van der Waals surface area (Å²) in [7, 11) is 1.54. The summed E-state index contributed by atoms with van der Waals surface area (Å²) in [5.41, 5.74) is 0.984. The normalized spacial score (nSPS) is 17.3. The van der Waals surface area contributed by atoms with Crippen molar-refractivity contribution in [1.29, 1.82) is 0 Å². The van der Waals surface area contributed by atoms with Gasteiger partial charge in [-0.1, -0.05) is 43.6 Å². The molecule has 0 saturated carbocycles. The van der Waals surface area contributed by atoms with Gasteiger partial charge in [-0.15, -0.1) is 0 Å². The first-order chi connectivity index (χ1) is 16.9. The number of benzene rings is 2. The number of ether oxygens (including phenoxy) is 2. The molecule has 35 heavy (non-hydrogen) atoms. The van der Waals surface area contributed by atoms with Gasteiger partial charge in [0, 0.05) is 17.7 Å². The predicted octanol–water partition coefficient (Wildman–Crippen LogP) is 4.90. The van der Waals surface area contributed by atoms with Crippen molar-refractivity contribution in [3.05, 3.63) is 64.2 Å². The monoisotopic (exact) mass is 500 g/mol. The van der Waals surface area contributed by atoms with Gasteiger partial charge < -0.3 is 24.4 Å². The van der Waals surface area contributed by atoms with E-state index in [4.69, 9.17) is 21.1 Å². The lowest BCUT2D eigenvalue weighted by Crippen LogP contribution is -2.33. The third-order valence-electron chi connectivity index (χ3n) is 6.25. The molecule has 1 aliphatic rings. The molecule has 0 aromatic heterocycles. The maximum atomic E-state index is 13.3. The zero-order valence-electron chi connectivity index (χ0n) is 20.7. The van der Waals surface area contributed by atoms with E-state index in [2.05, 4.69) is 18.7 Å². The molecule has 3 rings (SSSR count). The van der Waals surface area contributed by atoms with Gasteiger partial charge in [-0.25, -0.2) is 0 Å². The van der Waals surface area contributed by atoms with Crippen LogP contribution in [-0.2, 0) is 9.59 Å². The van der Waals surface area contributed by atoms with Crippen molar-refractivity contribution in [3.8, 4) is 11.5 Å². The molecular weight excluding hydrogens is 468 g/mol. The second-order valence-corrected chi connectivity index (χ2v) is 8.60. The number of aliphatic hydroxyl groups excluding tert-OH is 1. The highest BCUT2D eigenvalue weighted by Crippen LogP contribution is 2.43. The van der Waals surface area contributed by atoms with Crippen molar-refractivity contribution in [2.75, 3.05) is 39.9 Å². The first-order valence-corrected chi connectivity index (χ1v) is 12.3. The molecule has 1 heterocycles. The van der Waals surface area contributed by atoms with Gasteiger partial charge >= 0.3 is 0 Å². The van der Waals surface area contributed by atoms with E-state index in [1.807, 2.05) is 25.1 Å². The Kier molecular flexibility index (Phi) is 9.18. The number of rotatable bonds is 11. The second kappa shape index (κ2) is 12.1. The van der Waals surface area contributed by atoms with Crippen molar-refractivity contribution in [3.63, 3.8) is 0 Å². The van der Waals surface area contributed by atoms with Crippen LogP contribution in [0.2, 0.25) is 5.02 Å². The Bertz CT molecular complexity index is 1100. The fourth-order valence-corrected chi connectivity index (χ4v) is 4.64. The van der Waals surface area contributed by atoms with Crippen LogP contribution in [0, 0.1) is 0 Å². The van der Waals surface area contributed by atoms with Gasteiger partial charge in [-0.3, -0.25) is 9.59 Å². The van der Waals surface area contributed by atoms with E-state index >= 15 is 0 Å². The Morgan fingerprint density at radius 1 is 1.09 bits per heavy atom. The SMILES string of the molecule is CCOc1ccc(/C(O)=C2\C(=O)C(=O)N(CCCN(CC)CC)[C@@H]2c2ccccc2OC)cc1Cl. The minimum Gasteiger partial charge on any atom is -0.507 e. The molecule has 1 N–H and O–H groups in total. The molecule has 8 heteroatoms. The lowest BCUT2D eigenvalue weighted by molar-refractivity contribution is -0.140. The number of hydrogen-bond donors (Lipinski definition) is 1. The number of nitrogens with zero attached hydrogens (tertiary/aromatic N) is 2. The van der Waals surface area contributed by atoms with Crippen LogP contribution in [0.15, 0.2) is 48.0 Å². The first kappa shape index (κ1) is 26.6. The highest BCUT2D eigenvalue weighted by Gasteiger charge is 2.46. The molecule has 0 aliphatic carbocycles. The minimum absolute atomic E-state index is 0.0163. The lowest BCUT2D eigenvalue weighted by Gasteiger charge is -2.27. The molecule has 2 aromatic rings. The van der Waals surface area contributed by atoms with E-state index < -0.39 is 17.7 Å². The fraction of sp³-hybridized carbons (Fsp3) is 0.407. The van der Waals surface area contributed by atoms with Gasteiger partial charge in [0.25, 0.3) is 11.7 Å². The van der Waals surface area contributed by atoms with E-state index in [1.54, 1.807) is 18.2 Å². The summed E-state index contributed by atoms with van der Waals surface area (Å²) in [6.07, 6.45) is 0.690. The second-order valence-electron chi connectivity index (χ2n) is 8.19. The number of para-hydroxylation sites is 1. The average Bonchev–Trinajstić information content (AvgIpc) is 3.12. The number of carbonyl (C=O) groups is 2. The third kappa shape index (κ3) is 5.63. The Labute approximate surface area is 211 Å². The van der Waals surface area contributed by atoms with Crippen LogP contribution in [0.25, 0.3) is 5.76 Å². The largest absolute Gasteiger partial charge is 0.507 e. The molecule has 1 fully saturated rings. The quantitative estimate of drug-likeness (QED) is 0.268. The fourth-order valence-electron chi connectivity index (χ4n) is 4.41. The van der Waals surface area contributed by atoms with Crippen molar-refractivity contribution in [2.45, 2.75) is 33.2 Å². The van der Waals surface area contributed by atoms with Gasteiger partial charge in [0.15, 0.2) is 0 Å². The highest BCUT2D eigenvalue weighted by molar-refractivity contribution is 6.46. The summed E-state index contributed by atoms with van der Waals surface area (Å²) >= 11 is 6.33. The van der Waals surface area contributed by atoms with Crippen LogP contribution in [0.4, 0.5) is 0 Å². The molecule has 0 spiro atoms. The summed E-state index contributed by atoms with van der Waals surface area (Å²) in [5, 5.41) is 11.6. The standard InChI is InChI=1S/C27H33ClN2O5/c1-5-29(6-2)15-10-16-30-24(19-11-8-9-12-21(19)34-4)23(26(32)27(30)33)25(31)18-13-14-22(35-7-3)20(28)17-18/h8-9,11-14,17,24,31H,5-7,10,15-16H2,1-4H3/b25-23+/t24-/m1/s1. The number of likely N-dealkylation sites (tertiary alicyclic amines) is 1. The van der Waals surface area contributed by atoms with Crippen LogP contribution in [-0.4, -0.2) is 66.5 Å². The molecule has 7 nitrogen and oxygen atoms in total. The Hall–Kier alpha value is -3.03. The summed E-state index contributed by atoms with van der Waals surface area (Å²) in [4.78, 5) is 30.2. The number of carbonyl (C=O) groups excluding carboxylic acids is 2. The number of hydrogen-bond acceptors (Lipinski definition) is 6. The number of ketones is 1. The smallest absolute Gasteiger partial charge is 0.295 e. The number of Topliss-reactive ketones (excluding diaryl/α,β-unsaturated/α-hetero) is 1. The molecule has 0 radical (unpaired) electrons. The number of methoxy groups -OCH3 is 1. The third-order valence-corrected chi connectivity index (χ3v) is 6.54. The Balaban J connectivity index is 2.08. The van der Waals surface area contributed by atoms with Gasteiger partial charge in [0.2, 0.25) is 0 Å². The number of halogens is 1. The first-order valence-electron chi connectivity index (χ1n) is 11.9. The molecule has 1 amide bonds. The van der Waals surface area contributed by atoms with Crippen LogP contribution < -0.4 is 9.47 Å². The lowest BCUT2D eigenvalue weighted by atomic mass is 9.94. The summed E-state index contributed by atoms with van der Waals surface area (Å²) < 4.78 is 11.0. The molecule has 0 unspecified atom stereocenters. The minimum atomic E-state index is -0.784. The molecule has 2 aromatic carbocycles. The van der Waals surface area contributed by atoms with Gasteiger partial charge in [-0.2, -0.15) is 0 Å². The van der Waals surface area contributed by atoms with Gasteiger partial charge in [-0.05, 0) is 57.2 Å². The van der Waals surface area contributed by atoms with Crippen LogP contribution in [0.3, 0.4) is 0 Å². The molecule has 1 saturated heterocycles. The Morgan fingerprint density at radius 2 is 1.80 bits per heavy atom. The van der Waals surface area contributed by atoms with Crippen LogP contribution in [0.1, 0.15) is 44.4 Å². The molecule has 1 atom stereocenters. The number of amides is 1. The van der Waals surface area contributed by atoms with Crippen molar-refractivity contribution in [2.24, 2.45) is 0 Å². The van der Waals surface area contributed by atoms with Gasteiger partial charge in [0.1, 0.15) is 17.3 Å². The Morgan fingerprint density at radius 3 is 2.43 bits per heavy atom. The molecular formula is C27H33ClN2O5. The predicted molar refractivity (Wildman–Crippen MR) is 137 cm³/mol. The number of aliphatic hydroxyl groups is 1. The zero-order valence-corrected chi connectivity index (χ0v) is 21.5. The van der Waals surface area contributed by atoms with Crippen LogP contribution in [0.5, 0.6) is 11.5 Å².